The Kier molecular flexibility index (Phi) is 5.57. The molecule has 9 heteroatoms. The maximum atomic E-state index is 12.7. The van der Waals surface area contributed by atoms with Gasteiger partial charge in [-0.05, 0) is 43.7 Å². The molecule has 2 heterocycles. The molecule has 0 aliphatic carbocycles. The summed E-state index contributed by atoms with van der Waals surface area (Å²) in [5, 5.41) is 6.11. The molecule has 1 aliphatic rings. The van der Waals surface area contributed by atoms with E-state index in [2.05, 4.69) is 15.6 Å². The van der Waals surface area contributed by atoms with E-state index in [1.807, 2.05) is 30.3 Å². The molecule has 9 nitrogen and oxygen atoms in total. The smallest absolute Gasteiger partial charge is 0.328 e. The maximum absolute atomic E-state index is 12.7. The minimum atomic E-state index is -0.506. The van der Waals surface area contributed by atoms with Gasteiger partial charge in [0.05, 0.1) is 10.9 Å². The molecule has 1 atom stereocenters. The molecule has 3 amide bonds. The van der Waals surface area contributed by atoms with Crippen LogP contribution in [0.4, 0.5) is 10.5 Å². The number of likely N-dealkylation sites (tertiary alicyclic amines) is 1. The molecule has 1 aliphatic heterocycles. The van der Waals surface area contributed by atoms with Crippen LogP contribution in [-0.4, -0.2) is 45.5 Å². The first-order chi connectivity index (χ1) is 15.0. The number of urea groups is 1. The number of aromatic amines is 1. The number of carbonyl (C=O) groups is 2. The Balaban J connectivity index is 1.43. The lowest BCUT2D eigenvalue weighted by Crippen LogP contribution is -2.39. The average Bonchev–Trinajstić information content (AvgIpc) is 3.23. The third kappa shape index (κ3) is 4.20. The minimum Gasteiger partial charge on any atom is -0.347 e. The number of anilines is 1. The van der Waals surface area contributed by atoms with Crippen LogP contribution in [0.25, 0.3) is 10.9 Å². The van der Waals surface area contributed by atoms with E-state index in [0.717, 1.165) is 4.57 Å². The molecular weight excluding hydrogens is 398 g/mol. The summed E-state index contributed by atoms with van der Waals surface area (Å²) in [5.74, 6) is -0.322. The highest BCUT2D eigenvalue weighted by atomic mass is 16.2. The molecule has 3 N–H and O–H groups in total. The summed E-state index contributed by atoms with van der Waals surface area (Å²) >= 11 is 0. The van der Waals surface area contributed by atoms with Crippen molar-refractivity contribution in [3.05, 3.63) is 74.9 Å². The van der Waals surface area contributed by atoms with E-state index in [1.54, 1.807) is 24.0 Å². The lowest BCUT2D eigenvalue weighted by atomic mass is 10.1. The molecule has 0 radical (unpaired) electrons. The fourth-order valence-corrected chi connectivity index (χ4v) is 3.74. The number of para-hydroxylation sites is 1. The van der Waals surface area contributed by atoms with E-state index in [0.29, 0.717) is 41.7 Å². The highest BCUT2D eigenvalue weighted by Gasteiger charge is 2.27. The molecule has 2 aromatic carbocycles. The molecule has 160 valence electrons. The maximum Gasteiger partial charge on any atom is 0.328 e. The largest absolute Gasteiger partial charge is 0.347 e. The number of carbonyl (C=O) groups excluding carboxylic acids is 2. The van der Waals surface area contributed by atoms with Gasteiger partial charge < -0.3 is 20.5 Å². The number of amides is 3. The van der Waals surface area contributed by atoms with Gasteiger partial charge in [0.15, 0.2) is 0 Å². The highest BCUT2D eigenvalue weighted by molar-refractivity contribution is 5.98. The topological polar surface area (TPSA) is 116 Å². The Labute approximate surface area is 177 Å². The van der Waals surface area contributed by atoms with Gasteiger partial charge in [-0.25, -0.2) is 9.59 Å². The van der Waals surface area contributed by atoms with E-state index in [-0.39, 0.29) is 30.1 Å². The van der Waals surface area contributed by atoms with Crippen molar-refractivity contribution in [3.63, 3.8) is 0 Å². The molecule has 0 saturated carbocycles. The van der Waals surface area contributed by atoms with Crippen LogP contribution in [0.3, 0.4) is 0 Å². The van der Waals surface area contributed by atoms with Crippen LogP contribution in [0.15, 0.2) is 58.1 Å². The number of benzene rings is 2. The second-order valence-corrected chi connectivity index (χ2v) is 7.44. The van der Waals surface area contributed by atoms with Crippen LogP contribution in [0.1, 0.15) is 23.7 Å². The first-order valence-corrected chi connectivity index (χ1v) is 10.1. The number of hydrogen-bond acceptors (Lipinski definition) is 4. The van der Waals surface area contributed by atoms with Gasteiger partial charge >= 0.3 is 11.7 Å². The zero-order valence-electron chi connectivity index (χ0n) is 17.1. The fraction of sp³-hybridized carbons (Fsp3) is 0.273. The predicted octanol–water partition coefficient (Wildman–Crippen LogP) is 1.75. The number of nitrogens with one attached hydrogen (secondary N) is 3. The Morgan fingerprint density at radius 1 is 1.13 bits per heavy atom. The molecule has 0 spiro atoms. The third-order valence-corrected chi connectivity index (χ3v) is 5.40. The molecule has 1 unspecified atom stereocenters. The fourth-order valence-electron chi connectivity index (χ4n) is 3.74. The van der Waals surface area contributed by atoms with Gasteiger partial charge in [-0.1, -0.05) is 18.2 Å². The third-order valence-electron chi connectivity index (χ3n) is 5.40. The lowest BCUT2D eigenvalue weighted by Gasteiger charge is -2.18. The summed E-state index contributed by atoms with van der Waals surface area (Å²) in [4.78, 5) is 53.8. The highest BCUT2D eigenvalue weighted by Crippen LogP contribution is 2.14. The normalized spacial score (nSPS) is 15.8. The molecule has 1 aromatic heterocycles. The van der Waals surface area contributed by atoms with E-state index in [1.165, 1.54) is 6.07 Å². The number of hydrogen-bond donors (Lipinski definition) is 3. The number of aromatic nitrogens is 2. The van der Waals surface area contributed by atoms with E-state index in [4.69, 9.17) is 0 Å². The molecule has 0 bridgehead atoms. The summed E-state index contributed by atoms with van der Waals surface area (Å²) < 4.78 is 1.11. The van der Waals surface area contributed by atoms with Gasteiger partial charge in [0.25, 0.3) is 11.5 Å². The van der Waals surface area contributed by atoms with E-state index >= 15 is 0 Å². The van der Waals surface area contributed by atoms with Crippen LogP contribution >= 0.6 is 0 Å². The van der Waals surface area contributed by atoms with Gasteiger partial charge in [0.1, 0.15) is 0 Å². The van der Waals surface area contributed by atoms with Crippen molar-refractivity contribution < 1.29 is 9.59 Å². The summed E-state index contributed by atoms with van der Waals surface area (Å²) in [6, 6.07) is 13.4. The van der Waals surface area contributed by atoms with Crippen molar-refractivity contribution in [2.45, 2.75) is 25.9 Å². The standard InChI is InChI=1S/C22H23N5O4/c1-2-27-20(29)17-9-8-14(12-18(17)25-22(27)31)19(28)23-16-10-11-26(13-16)21(30)24-15-6-4-3-5-7-15/h3-9,12,16H,2,10-11,13H2,1H3,(H,23,28)(H,24,30)(H,25,31). The van der Waals surface area contributed by atoms with Crippen LogP contribution in [-0.2, 0) is 6.54 Å². The van der Waals surface area contributed by atoms with Gasteiger partial charge in [0.2, 0.25) is 0 Å². The zero-order valence-corrected chi connectivity index (χ0v) is 17.1. The van der Waals surface area contributed by atoms with Crippen molar-refractivity contribution in [3.8, 4) is 0 Å². The molecular formula is C22H23N5O4. The van der Waals surface area contributed by atoms with Gasteiger partial charge in [-0.2, -0.15) is 0 Å². The van der Waals surface area contributed by atoms with Gasteiger partial charge in [0, 0.05) is 36.9 Å². The first-order valence-electron chi connectivity index (χ1n) is 10.1. The average molecular weight is 421 g/mol. The zero-order chi connectivity index (χ0) is 22.0. The molecule has 1 fully saturated rings. The van der Waals surface area contributed by atoms with Crippen molar-refractivity contribution in [1.82, 2.24) is 19.8 Å². The molecule has 4 rings (SSSR count). The summed E-state index contributed by atoms with van der Waals surface area (Å²) in [7, 11) is 0. The summed E-state index contributed by atoms with van der Waals surface area (Å²) in [5.41, 5.74) is 0.483. The quantitative estimate of drug-likeness (QED) is 0.595. The number of nitrogens with zero attached hydrogens (tertiary/aromatic N) is 2. The Morgan fingerprint density at radius 3 is 2.65 bits per heavy atom. The van der Waals surface area contributed by atoms with Crippen molar-refractivity contribution in [2.24, 2.45) is 0 Å². The van der Waals surface area contributed by atoms with Crippen LogP contribution in [0.5, 0.6) is 0 Å². The molecule has 3 aromatic rings. The molecule has 1 saturated heterocycles. The van der Waals surface area contributed by atoms with Gasteiger partial charge in [-0.15, -0.1) is 0 Å². The van der Waals surface area contributed by atoms with Gasteiger partial charge in [-0.3, -0.25) is 14.2 Å². The predicted molar refractivity (Wildman–Crippen MR) is 117 cm³/mol. The lowest BCUT2D eigenvalue weighted by molar-refractivity contribution is 0.0938. The second kappa shape index (κ2) is 8.47. The van der Waals surface area contributed by atoms with Crippen molar-refractivity contribution >= 4 is 28.5 Å². The SMILES string of the molecule is CCn1c(=O)[nH]c2cc(C(=O)NC3CCN(C(=O)Nc4ccccc4)C3)ccc2c1=O. The molecule has 31 heavy (non-hydrogen) atoms. The first kappa shape index (κ1) is 20.4. The summed E-state index contributed by atoms with van der Waals surface area (Å²) in [6.07, 6.45) is 0.638. The van der Waals surface area contributed by atoms with Crippen molar-refractivity contribution in [1.29, 1.82) is 0 Å². The number of H-pyrrole nitrogens is 1. The minimum absolute atomic E-state index is 0.183. The van der Waals surface area contributed by atoms with Crippen molar-refractivity contribution in [2.75, 3.05) is 18.4 Å². The Morgan fingerprint density at radius 2 is 1.90 bits per heavy atom. The Bertz CT molecular complexity index is 1250. The second-order valence-electron chi connectivity index (χ2n) is 7.44. The number of rotatable bonds is 4. The summed E-state index contributed by atoms with van der Waals surface area (Å²) in [6.45, 7) is 2.92. The van der Waals surface area contributed by atoms with Crippen LogP contribution in [0.2, 0.25) is 0 Å². The Hall–Kier alpha value is -3.88. The monoisotopic (exact) mass is 421 g/mol. The van der Waals surface area contributed by atoms with Crippen LogP contribution < -0.4 is 21.9 Å². The number of fused-ring (bicyclic) bond motifs is 1. The van der Waals surface area contributed by atoms with E-state index < -0.39 is 5.69 Å². The van der Waals surface area contributed by atoms with Crippen LogP contribution in [0, 0.1) is 0 Å². The van der Waals surface area contributed by atoms with E-state index in [9.17, 15) is 19.2 Å².